The van der Waals surface area contributed by atoms with Gasteiger partial charge in [0.1, 0.15) is 5.75 Å². The highest BCUT2D eigenvalue weighted by molar-refractivity contribution is 5.60. The molecule has 0 bridgehead atoms. The van der Waals surface area contributed by atoms with Crippen LogP contribution in [0, 0.1) is 0 Å². The smallest absolute Gasteiger partial charge is 0.123 e. The van der Waals surface area contributed by atoms with Gasteiger partial charge in [0.25, 0.3) is 0 Å². The normalized spacial score (nSPS) is 12.2. The molecule has 90 valence electrons. The largest absolute Gasteiger partial charge is 0.494 e. The van der Waals surface area contributed by atoms with Crippen molar-refractivity contribution in [2.75, 3.05) is 24.3 Å². The molecule has 0 heterocycles. The minimum absolute atomic E-state index is 0.497. The predicted molar refractivity (Wildman–Crippen MR) is 70.2 cm³/mol. The second kappa shape index (κ2) is 5.64. The number of hydrogen-bond donors (Lipinski definition) is 1. The molecule has 0 aliphatic rings. The summed E-state index contributed by atoms with van der Waals surface area (Å²) in [6.45, 7) is 7.01. The summed E-state index contributed by atoms with van der Waals surface area (Å²) in [7, 11) is 2.08. The van der Waals surface area contributed by atoms with Crippen LogP contribution in [-0.2, 0) is 0 Å². The van der Waals surface area contributed by atoms with Crippen molar-refractivity contribution in [1.29, 1.82) is 0 Å². The molecule has 16 heavy (non-hydrogen) atoms. The molecule has 0 fully saturated rings. The first-order valence-electron chi connectivity index (χ1n) is 5.84. The van der Waals surface area contributed by atoms with Gasteiger partial charge in [-0.1, -0.05) is 6.92 Å². The van der Waals surface area contributed by atoms with Crippen molar-refractivity contribution in [1.82, 2.24) is 0 Å². The highest BCUT2D eigenvalue weighted by Gasteiger charge is 2.09. The molecule has 0 aromatic heterocycles. The minimum atomic E-state index is 0.497. The number of rotatable bonds is 5. The van der Waals surface area contributed by atoms with Crippen LogP contribution in [0.5, 0.6) is 5.75 Å². The maximum Gasteiger partial charge on any atom is 0.123 e. The van der Waals surface area contributed by atoms with Crippen molar-refractivity contribution >= 4 is 11.4 Å². The zero-order valence-corrected chi connectivity index (χ0v) is 10.7. The van der Waals surface area contributed by atoms with Crippen LogP contribution in [0.25, 0.3) is 0 Å². The van der Waals surface area contributed by atoms with Gasteiger partial charge in [-0.3, -0.25) is 0 Å². The molecule has 1 unspecified atom stereocenters. The van der Waals surface area contributed by atoms with E-state index in [0.717, 1.165) is 23.5 Å². The summed E-state index contributed by atoms with van der Waals surface area (Å²) in [6, 6.07) is 6.37. The van der Waals surface area contributed by atoms with Crippen molar-refractivity contribution in [3.63, 3.8) is 0 Å². The lowest BCUT2D eigenvalue weighted by atomic mass is 10.2. The fourth-order valence-electron chi connectivity index (χ4n) is 1.59. The molecule has 3 nitrogen and oxygen atoms in total. The maximum absolute atomic E-state index is 5.86. The monoisotopic (exact) mass is 222 g/mol. The first kappa shape index (κ1) is 12.7. The molecule has 0 spiro atoms. The molecule has 0 aliphatic carbocycles. The maximum atomic E-state index is 5.86. The van der Waals surface area contributed by atoms with Crippen LogP contribution in [0.1, 0.15) is 27.2 Å². The Hall–Kier alpha value is -1.38. The highest BCUT2D eigenvalue weighted by Crippen LogP contribution is 2.26. The molecule has 2 N–H and O–H groups in total. The van der Waals surface area contributed by atoms with Gasteiger partial charge in [0, 0.05) is 36.6 Å². The average Bonchev–Trinajstić information content (AvgIpc) is 2.26. The lowest BCUT2D eigenvalue weighted by molar-refractivity contribution is 0.340. The lowest BCUT2D eigenvalue weighted by Gasteiger charge is -2.26. The Labute approximate surface area is 98.2 Å². The van der Waals surface area contributed by atoms with Gasteiger partial charge >= 0.3 is 0 Å². The topological polar surface area (TPSA) is 38.5 Å². The number of ether oxygens (including phenoxy) is 1. The van der Waals surface area contributed by atoms with E-state index in [1.165, 1.54) is 0 Å². The van der Waals surface area contributed by atoms with E-state index in [-0.39, 0.29) is 0 Å². The van der Waals surface area contributed by atoms with Gasteiger partial charge in [0.05, 0.1) is 6.61 Å². The number of benzene rings is 1. The van der Waals surface area contributed by atoms with Crippen LogP contribution in [0.4, 0.5) is 11.4 Å². The Morgan fingerprint density at radius 3 is 2.56 bits per heavy atom. The van der Waals surface area contributed by atoms with Crippen LogP contribution in [0.15, 0.2) is 18.2 Å². The molecular formula is C13H22N2O. The molecule has 1 aromatic rings. The van der Waals surface area contributed by atoms with E-state index in [2.05, 4.69) is 25.8 Å². The minimum Gasteiger partial charge on any atom is -0.494 e. The van der Waals surface area contributed by atoms with Gasteiger partial charge in [0.15, 0.2) is 0 Å². The fraction of sp³-hybridized carbons (Fsp3) is 0.538. The second-order valence-electron chi connectivity index (χ2n) is 4.06. The summed E-state index contributed by atoms with van der Waals surface area (Å²) >= 11 is 0. The second-order valence-corrected chi connectivity index (χ2v) is 4.06. The predicted octanol–water partition coefficient (Wildman–Crippen LogP) is 2.90. The Morgan fingerprint density at radius 2 is 2.00 bits per heavy atom. The van der Waals surface area contributed by atoms with Gasteiger partial charge < -0.3 is 15.4 Å². The fourth-order valence-corrected chi connectivity index (χ4v) is 1.59. The van der Waals surface area contributed by atoms with Gasteiger partial charge in [-0.2, -0.15) is 0 Å². The van der Waals surface area contributed by atoms with Gasteiger partial charge in [0.2, 0.25) is 0 Å². The number of nitrogens with two attached hydrogens (primary N) is 1. The third kappa shape index (κ3) is 3.05. The average molecular weight is 222 g/mol. The van der Waals surface area contributed by atoms with Crippen LogP contribution >= 0.6 is 0 Å². The summed E-state index contributed by atoms with van der Waals surface area (Å²) in [4.78, 5) is 2.22. The quantitative estimate of drug-likeness (QED) is 0.778. The van der Waals surface area contributed by atoms with E-state index in [4.69, 9.17) is 10.5 Å². The Bertz CT molecular complexity index is 339. The van der Waals surface area contributed by atoms with E-state index in [1.54, 1.807) is 0 Å². The van der Waals surface area contributed by atoms with Crippen molar-refractivity contribution < 1.29 is 4.74 Å². The van der Waals surface area contributed by atoms with E-state index >= 15 is 0 Å². The Morgan fingerprint density at radius 1 is 1.31 bits per heavy atom. The molecule has 0 saturated carbocycles. The number of anilines is 2. The number of nitrogens with zero attached hydrogens (tertiary/aromatic N) is 1. The van der Waals surface area contributed by atoms with E-state index in [1.807, 2.05) is 25.1 Å². The summed E-state index contributed by atoms with van der Waals surface area (Å²) in [5.41, 5.74) is 7.72. The first-order chi connectivity index (χ1) is 7.58. The van der Waals surface area contributed by atoms with Crippen LogP contribution in [0.2, 0.25) is 0 Å². The van der Waals surface area contributed by atoms with E-state index < -0.39 is 0 Å². The van der Waals surface area contributed by atoms with Crippen molar-refractivity contribution in [2.24, 2.45) is 0 Å². The summed E-state index contributed by atoms with van der Waals surface area (Å²) < 4.78 is 5.48. The molecule has 0 amide bonds. The lowest BCUT2D eigenvalue weighted by Crippen LogP contribution is -2.27. The van der Waals surface area contributed by atoms with Gasteiger partial charge in [-0.15, -0.1) is 0 Å². The third-order valence-corrected chi connectivity index (χ3v) is 2.88. The summed E-state index contributed by atoms with van der Waals surface area (Å²) in [5.74, 6) is 0.840. The van der Waals surface area contributed by atoms with Crippen molar-refractivity contribution in [3.05, 3.63) is 18.2 Å². The highest BCUT2D eigenvalue weighted by atomic mass is 16.5. The molecule has 0 aliphatic heterocycles. The van der Waals surface area contributed by atoms with Gasteiger partial charge in [-0.25, -0.2) is 0 Å². The van der Waals surface area contributed by atoms with Crippen LogP contribution in [0.3, 0.4) is 0 Å². The SMILES string of the molecule is CCOc1cc(N)cc(N(C)C(C)CC)c1. The Balaban J connectivity index is 2.94. The molecule has 0 radical (unpaired) electrons. The molecule has 1 rings (SSSR count). The molecule has 1 aromatic carbocycles. The zero-order chi connectivity index (χ0) is 12.1. The molecular weight excluding hydrogens is 200 g/mol. The van der Waals surface area contributed by atoms with Crippen LogP contribution in [-0.4, -0.2) is 19.7 Å². The molecule has 0 saturated heterocycles. The summed E-state index contributed by atoms with van der Waals surface area (Å²) in [6.07, 6.45) is 1.11. The van der Waals surface area contributed by atoms with Gasteiger partial charge in [-0.05, 0) is 26.3 Å². The summed E-state index contributed by atoms with van der Waals surface area (Å²) in [5, 5.41) is 0. The van der Waals surface area contributed by atoms with E-state index in [9.17, 15) is 0 Å². The Kier molecular flexibility index (Phi) is 4.47. The van der Waals surface area contributed by atoms with Crippen molar-refractivity contribution in [3.8, 4) is 5.75 Å². The number of hydrogen-bond acceptors (Lipinski definition) is 3. The third-order valence-electron chi connectivity index (χ3n) is 2.88. The number of nitrogen functional groups attached to an aromatic ring is 1. The standard InChI is InChI=1S/C13H22N2O/c1-5-10(3)15(4)12-7-11(14)8-13(9-12)16-6-2/h7-10H,5-6,14H2,1-4H3. The van der Waals surface area contributed by atoms with E-state index in [0.29, 0.717) is 12.6 Å². The van der Waals surface area contributed by atoms with Crippen LogP contribution < -0.4 is 15.4 Å². The van der Waals surface area contributed by atoms with Crippen molar-refractivity contribution in [2.45, 2.75) is 33.2 Å². The zero-order valence-electron chi connectivity index (χ0n) is 10.7. The first-order valence-corrected chi connectivity index (χ1v) is 5.84. The molecule has 1 atom stereocenters. The molecule has 3 heteroatoms.